The van der Waals surface area contributed by atoms with Gasteiger partial charge >= 0.3 is 6.61 Å². The van der Waals surface area contributed by atoms with Crippen LogP contribution in [0.4, 0.5) is 8.78 Å². The monoisotopic (exact) mass is 340 g/mol. The Bertz CT molecular complexity index is 429. The number of alkyl halides is 2. The van der Waals surface area contributed by atoms with Gasteiger partial charge in [0.05, 0.1) is 6.04 Å². The van der Waals surface area contributed by atoms with Crippen LogP contribution in [0.1, 0.15) is 11.6 Å². The summed E-state index contributed by atoms with van der Waals surface area (Å²) in [5, 5.41) is 3.28. The second kappa shape index (κ2) is 9.95. The van der Waals surface area contributed by atoms with Crippen molar-refractivity contribution >= 4 is 24.8 Å². The summed E-state index contributed by atoms with van der Waals surface area (Å²) < 4.78 is 28.9. The summed E-state index contributed by atoms with van der Waals surface area (Å²) in [7, 11) is 0. The van der Waals surface area contributed by atoms with Crippen LogP contribution in [0.5, 0.6) is 5.75 Å². The lowest BCUT2D eigenvalue weighted by Gasteiger charge is -2.33. The van der Waals surface area contributed by atoms with E-state index in [1.165, 1.54) is 6.07 Å². The van der Waals surface area contributed by atoms with Crippen LogP contribution in [-0.2, 0) is 0 Å². The number of nitrogens with one attached hydrogen (secondary N) is 1. The van der Waals surface area contributed by atoms with Crippen molar-refractivity contribution in [3.8, 4) is 5.75 Å². The highest BCUT2D eigenvalue weighted by atomic mass is 35.5. The number of hydrogen-bond donors (Lipinski definition) is 1. The van der Waals surface area contributed by atoms with E-state index in [1.54, 1.807) is 12.1 Å². The molecular weight excluding hydrogens is 321 g/mol. The molecule has 120 valence electrons. The summed E-state index contributed by atoms with van der Waals surface area (Å²) in [5.41, 5.74) is 0.926. The number of halogens is 4. The molecule has 1 aromatic carbocycles. The predicted octanol–water partition coefficient (Wildman–Crippen LogP) is 3.26. The zero-order valence-electron chi connectivity index (χ0n) is 11.5. The van der Waals surface area contributed by atoms with Gasteiger partial charge in [0.15, 0.2) is 0 Å². The average molecular weight is 341 g/mol. The molecule has 2 rings (SSSR count). The second-order valence-electron chi connectivity index (χ2n) is 4.42. The lowest BCUT2D eigenvalue weighted by molar-refractivity contribution is -0.0499. The molecule has 0 saturated carbocycles. The molecule has 0 amide bonds. The van der Waals surface area contributed by atoms with E-state index in [9.17, 15) is 8.78 Å². The Morgan fingerprint density at radius 2 is 1.90 bits per heavy atom. The van der Waals surface area contributed by atoms with Gasteiger partial charge in [-0.1, -0.05) is 18.2 Å². The molecule has 0 bridgehead atoms. The Labute approximate surface area is 136 Å². The van der Waals surface area contributed by atoms with Crippen LogP contribution in [0.25, 0.3) is 0 Å². The molecule has 0 aromatic heterocycles. The van der Waals surface area contributed by atoms with E-state index in [-0.39, 0.29) is 36.6 Å². The van der Waals surface area contributed by atoms with Crippen molar-refractivity contribution in [2.24, 2.45) is 0 Å². The molecule has 1 aliphatic heterocycles. The quantitative estimate of drug-likeness (QED) is 0.832. The lowest BCUT2D eigenvalue weighted by Crippen LogP contribution is -2.44. The molecule has 1 fully saturated rings. The first-order valence-corrected chi connectivity index (χ1v) is 6.33. The molecule has 1 N–H and O–H groups in total. The molecule has 0 unspecified atom stereocenters. The van der Waals surface area contributed by atoms with Gasteiger partial charge < -0.3 is 10.1 Å². The number of piperazine rings is 1. The van der Waals surface area contributed by atoms with Crippen molar-refractivity contribution in [1.82, 2.24) is 10.2 Å². The minimum Gasteiger partial charge on any atom is -0.435 e. The first-order valence-electron chi connectivity index (χ1n) is 6.33. The molecule has 0 aliphatic carbocycles. The maximum atomic E-state index is 12.2. The van der Waals surface area contributed by atoms with Crippen molar-refractivity contribution < 1.29 is 13.5 Å². The number of benzene rings is 1. The Morgan fingerprint density at radius 1 is 1.24 bits per heavy atom. The summed E-state index contributed by atoms with van der Waals surface area (Å²) in [4.78, 5) is 2.27. The first kappa shape index (κ1) is 20.1. The van der Waals surface area contributed by atoms with Crippen LogP contribution in [0.2, 0.25) is 0 Å². The molecule has 0 radical (unpaired) electrons. The van der Waals surface area contributed by atoms with Crippen molar-refractivity contribution in [2.45, 2.75) is 12.7 Å². The Hall–Kier alpha value is -0.880. The van der Waals surface area contributed by atoms with E-state index < -0.39 is 6.61 Å². The van der Waals surface area contributed by atoms with Gasteiger partial charge in [0.1, 0.15) is 5.75 Å². The zero-order chi connectivity index (χ0) is 13.7. The van der Waals surface area contributed by atoms with Crippen molar-refractivity contribution in [3.63, 3.8) is 0 Å². The van der Waals surface area contributed by atoms with Crippen molar-refractivity contribution in [2.75, 3.05) is 26.2 Å². The maximum absolute atomic E-state index is 12.2. The molecule has 0 spiro atoms. The molecular formula is C14H20Cl2F2N2O. The average Bonchev–Trinajstić information content (AvgIpc) is 2.40. The number of nitrogens with zero attached hydrogens (tertiary/aromatic N) is 1. The molecule has 1 atom stereocenters. The minimum absolute atomic E-state index is 0. The summed E-state index contributed by atoms with van der Waals surface area (Å²) in [6.45, 7) is 4.74. The van der Waals surface area contributed by atoms with E-state index in [1.807, 2.05) is 12.1 Å². The second-order valence-corrected chi connectivity index (χ2v) is 4.42. The third-order valence-electron chi connectivity index (χ3n) is 3.19. The summed E-state index contributed by atoms with van der Waals surface area (Å²) in [6, 6.07) is 6.86. The van der Waals surface area contributed by atoms with Gasteiger partial charge in [-0.2, -0.15) is 8.78 Å². The normalized spacial score (nSPS) is 16.5. The molecule has 1 aromatic rings. The SMILES string of the molecule is C=C[C@H](c1cccc(OC(F)F)c1)N1CCNCC1.Cl.Cl. The van der Waals surface area contributed by atoms with E-state index in [2.05, 4.69) is 21.5 Å². The van der Waals surface area contributed by atoms with Crippen LogP contribution in [0.3, 0.4) is 0 Å². The standard InChI is InChI=1S/C14H18F2N2O.2ClH/c1-2-13(18-8-6-17-7-9-18)11-4-3-5-12(10-11)19-14(15)16;;/h2-5,10,13-14,17H,1,6-9H2;2*1H/t13-;;/m1../s1. The van der Waals surface area contributed by atoms with Crippen LogP contribution < -0.4 is 10.1 Å². The van der Waals surface area contributed by atoms with Crippen LogP contribution >= 0.6 is 24.8 Å². The number of rotatable bonds is 5. The molecule has 1 aliphatic rings. The minimum atomic E-state index is -2.79. The highest BCUT2D eigenvalue weighted by molar-refractivity contribution is 5.85. The Kier molecular flexibility index (Phi) is 9.53. The maximum Gasteiger partial charge on any atom is 0.387 e. The van der Waals surface area contributed by atoms with E-state index in [4.69, 9.17) is 0 Å². The first-order chi connectivity index (χ1) is 9.20. The highest BCUT2D eigenvalue weighted by Crippen LogP contribution is 2.26. The van der Waals surface area contributed by atoms with E-state index >= 15 is 0 Å². The third kappa shape index (κ3) is 5.79. The molecule has 7 heteroatoms. The van der Waals surface area contributed by atoms with Gasteiger partial charge in [-0.3, -0.25) is 4.90 Å². The Morgan fingerprint density at radius 3 is 2.48 bits per heavy atom. The fourth-order valence-electron chi connectivity index (χ4n) is 2.33. The number of hydrogen-bond acceptors (Lipinski definition) is 3. The van der Waals surface area contributed by atoms with E-state index in [0.29, 0.717) is 0 Å². The lowest BCUT2D eigenvalue weighted by atomic mass is 10.0. The summed E-state index contributed by atoms with van der Waals surface area (Å²) in [6.07, 6.45) is 1.84. The zero-order valence-corrected chi connectivity index (χ0v) is 13.1. The van der Waals surface area contributed by atoms with Gasteiger partial charge in [-0.25, -0.2) is 0 Å². The topological polar surface area (TPSA) is 24.5 Å². The third-order valence-corrected chi connectivity index (χ3v) is 3.19. The van der Waals surface area contributed by atoms with E-state index in [0.717, 1.165) is 31.7 Å². The molecule has 1 heterocycles. The van der Waals surface area contributed by atoms with Crippen molar-refractivity contribution in [3.05, 3.63) is 42.5 Å². The fraction of sp³-hybridized carbons (Fsp3) is 0.429. The van der Waals surface area contributed by atoms with Crippen molar-refractivity contribution in [1.29, 1.82) is 0 Å². The van der Waals surface area contributed by atoms with Gasteiger partial charge in [-0.15, -0.1) is 31.4 Å². The van der Waals surface area contributed by atoms with Crippen LogP contribution in [0, 0.1) is 0 Å². The largest absolute Gasteiger partial charge is 0.435 e. The smallest absolute Gasteiger partial charge is 0.387 e. The molecule has 21 heavy (non-hydrogen) atoms. The van der Waals surface area contributed by atoms with Crippen LogP contribution in [0.15, 0.2) is 36.9 Å². The fourth-order valence-corrected chi connectivity index (χ4v) is 2.33. The van der Waals surface area contributed by atoms with Gasteiger partial charge in [0.25, 0.3) is 0 Å². The van der Waals surface area contributed by atoms with Gasteiger partial charge in [-0.05, 0) is 17.7 Å². The number of ether oxygens (including phenoxy) is 1. The predicted molar refractivity (Wildman–Crippen MR) is 85.0 cm³/mol. The van der Waals surface area contributed by atoms with Gasteiger partial charge in [0.2, 0.25) is 0 Å². The molecule has 1 saturated heterocycles. The Balaban J connectivity index is 0.00000200. The van der Waals surface area contributed by atoms with Gasteiger partial charge in [0, 0.05) is 26.2 Å². The summed E-state index contributed by atoms with van der Waals surface area (Å²) >= 11 is 0. The van der Waals surface area contributed by atoms with Crippen LogP contribution in [-0.4, -0.2) is 37.7 Å². The summed E-state index contributed by atoms with van der Waals surface area (Å²) in [5.74, 6) is 0.189. The molecule has 3 nitrogen and oxygen atoms in total. The highest BCUT2D eigenvalue weighted by Gasteiger charge is 2.19.